The van der Waals surface area contributed by atoms with Gasteiger partial charge in [-0.25, -0.2) is 0 Å². The van der Waals surface area contributed by atoms with E-state index in [4.69, 9.17) is 16.3 Å². The molecule has 3 nitrogen and oxygen atoms in total. The van der Waals surface area contributed by atoms with Gasteiger partial charge in [-0.15, -0.1) is 0 Å². The average molecular weight is 392 g/mol. The highest BCUT2D eigenvalue weighted by molar-refractivity contribution is 7.98. The number of ether oxygens (including phenoxy) is 1. The molecule has 0 spiro atoms. The van der Waals surface area contributed by atoms with Gasteiger partial charge in [0.15, 0.2) is 6.10 Å². The summed E-state index contributed by atoms with van der Waals surface area (Å²) in [5, 5.41) is 3.73. The molecular formula is C21H26ClNO2S. The molecule has 0 radical (unpaired) electrons. The van der Waals surface area contributed by atoms with E-state index in [-0.39, 0.29) is 5.91 Å². The summed E-state index contributed by atoms with van der Waals surface area (Å²) in [6, 6.07) is 13.9. The van der Waals surface area contributed by atoms with Gasteiger partial charge in [-0.05, 0) is 61.2 Å². The predicted octanol–water partition coefficient (Wildman–Crippen LogP) is 5.16. The first kappa shape index (κ1) is 20.7. The van der Waals surface area contributed by atoms with Gasteiger partial charge in [0.1, 0.15) is 5.75 Å². The molecule has 0 saturated heterocycles. The van der Waals surface area contributed by atoms with Crippen molar-refractivity contribution in [3.05, 3.63) is 64.2 Å². The largest absolute Gasteiger partial charge is 0.481 e. The van der Waals surface area contributed by atoms with E-state index >= 15 is 0 Å². The van der Waals surface area contributed by atoms with E-state index in [2.05, 4.69) is 17.4 Å². The fraction of sp³-hybridized carbons (Fsp3) is 0.381. The summed E-state index contributed by atoms with van der Waals surface area (Å²) in [5.41, 5.74) is 3.46. The molecule has 0 bridgehead atoms. The Bertz CT molecular complexity index is 715. The van der Waals surface area contributed by atoms with E-state index in [1.165, 1.54) is 5.56 Å². The van der Waals surface area contributed by atoms with Crippen molar-refractivity contribution >= 4 is 29.3 Å². The first-order valence-electron chi connectivity index (χ1n) is 8.82. The van der Waals surface area contributed by atoms with E-state index in [0.717, 1.165) is 33.4 Å². The van der Waals surface area contributed by atoms with Crippen molar-refractivity contribution in [2.24, 2.45) is 0 Å². The molecule has 0 unspecified atom stereocenters. The van der Waals surface area contributed by atoms with Crippen LogP contribution in [-0.2, 0) is 10.5 Å². The van der Waals surface area contributed by atoms with E-state index in [9.17, 15) is 4.79 Å². The smallest absolute Gasteiger partial charge is 0.261 e. The molecule has 0 aliphatic rings. The highest BCUT2D eigenvalue weighted by Gasteiger charge is 2.18. The van der Waals surface area contributed by atoms with Crippen LogP contribution in [0.4, 0.5) is 0 Å². The van der Waals surface area contributed by atoms with Gasteiger partial charge in [0.25, 0.3) is 5.91 Å². The lowest BCUT2D eigenvalue weighted by Crippen LogP contribution is -2.39. The molecule has 1 N–H and O–H groups in total. The lowest BCUT2D eigenvalue weighted by atomic mass is 10.1. The van der Waals surface area contributed by atoms with Crippen molar-refractivity contribution in [1.29, 1.82) is 0 Å². The molecule has 0 aromatic heterocycles. The van der Waals surface area contributed by atoms with Crippen LogP contribution in [0.5, 0.6) is 5.75 Å². The SMILES string of the molecule is CC[C@@H](Oc1cc(C)cc(C)c1)C(=O)NCCSCc1cccc(Cl)c1. The number of hydrogen-bond acceptors (Lipinski definition) is 3. The van der Waals surface area contributed by atoms with Crippen LogP contribution in [0.2, 0.25) is 5.02 Å². The lowest BCUT2D eigenvalue weighted by Gasteiger charge is -2.18. The summed E-state index contributed by atoms with van der Waals surface area (Å²) in [6.07, 6.45) is 0.170. The molecule has 0 saturated carbocycles. The Balaban J connectivity index is 1.74. The van der Waals surface area contributed by atoms with E-state index < -0.39 is 6.10 Å². The second-order valence-electron chi connectivity index (χ2n) is 6.31. The van der Waals surface area contributed by atoms with Crippen LogP contribution in [0, 0.1) is 13.8 Å². The number of hydrogen-bond donors (Lipinski definition) is 1. The van der Waals surface area contributed by atoms with Crippen LogP contribution >= 0.6 is 23.4 Å². The molecule has 2 aromatic carbocycles. The zero-order chi connectivity index (χ0) is 18.9. The Morgan fingerprint density at radius 1 is 1.19 bits per heavy atom. The van der Waals surface area contributed by atoms with Crippen LogP contribution in [0.25, 0.3) is 0 Å². The topological polar surface area (TPSA) is 38.3 Å². The van der Waals surface area contributed by atoms with Crippen molar-refractivity contribution < 1.29 is 9.53 Å². The van der Waals surface area contributed by atoms with Gasteiger partial charge in [-0.2, -0.15) is 11.8 Å². The first-order chi connectivity index (χ1) is 12.5. The van der Waals surface area contributed by atoms with Gasteiger partial charge in [0.2, 0.25) is 0 Å². The summed E-state index contributed by atoms with van der Waals surface area (Å²) in [6.45, 7) is 6.63. The first-order valence-corrected chi connectivity index (χ1v) is 10.4. The molecular weight excluding hydrogens is 366 g/mol. The minimum Gasteiger partial charge on any atom is -0.481 e. The molecule has 5 heteroatoms. The molecule has 0 heterocycles. The molecule has 26 heavy (non-hydrogen) atoms. The van der Waals surface area contributed by atoms with Crippen LogP contribution in [0.1, 0.15) is 30.0 Å². The van der Waals surface area contributed by atoms with Crippen molar-refractivity contribution in [3.8, 4) is 5.75 Å². The fourth-order valence-electron chi connectivity index (χ4n) is 2.66. The summed E-state index contributed by atoms with van der Waals surface area (Å²) < 4.78 is 5.89. The van der Waals surface area contributed by atoms with Gasteiger partial charge in [-0.1, -0.05) is 36.7 Å². The van der Waals surface area contributed by atoms with Crippen molar-refractivity contribution in [3.63, 3.8) is 0 Å². The number of benzene rings is 2. The number of rotatable bonds is 9. The van der Waals surface area contributed by atoms with Gasteiger partial charge in [-0.3, -0.25) is 4.79 Å². The number of thioether (sulfide) groups is 1. The third-order valence-electron chi connectivity index (χ3n) is 3.84. The van der Waals surface area contributed by atoms with E-state index in [0.29, 0.717) is 13.0 Å². The van der Waals surface area contributed by atoms with Gasteiger partial charge >= 0.3 is 0 Å². The average Bonchev–Trinajstić information content (AvgIpc) is 2.58. The highest BCUT2D eigenvalue weighted by Crippen LogP contribution is 2.19. The number of carbonyl (C=O) groups is 1. The third kappa shape index (κ3) is 6.93. The molecule has 0 aliphatic carbocycles. The predicted molar refractivity (Wildman–Crippen MR) is 111 cm³/mol. The number of halogens is 1. The maximum Gasteiger partial charge on any atom is 0.261 e. The Kier molecular flexibility index (Phi) is 8.33. The minimum atomic E-state index is -0.464. The maximum absolute atomic E-state index is 12.4. The normalized spacial score (nSPS) is 11.8. The molecule has 140 valence electrons. The number of amides is 1. The second kappa shape index (κ2) is 10.5. The molecule has 2 aromatic rings. The third-order valence-corrected chi connectivity index (χ3v) is 5.11. The summed E-state index contributed by atoms with van der Waals surface area (Å²) in [5.74, 6) is 2.42. The van der Waals surface area contributed by atoms with E-state index in [1.807, 2.05) is 51.1 Å². The zero-order valence-electron chi connectivity index (χ0n) is 15.5. The maximum atomic E-state index is 12.4. The number of nitrogens with one attached hydrogen (secondary N) is 1. The van der Waals surface area contributed by atoms with Gasteiger partial charge in [0.05, 0.1) is 0 Å². The van der Waals surface area contributed by atoms with E-state index in [1.54, 1.807) is 11.8 Å². The fourth-order valence-corrected chi connectivity index (χ4v) is 3.68. The Hall–Kier alpha value is -1.65. The Morgan fingerprint density at radius 3 is 2.58 bits per heavy atom. The zero-order valence-corrected chi connectivity index (χ0v) is 17.1. The monoisotopic (exact) mass is 391 g/mol. The summed E-state index contributed by atoms with van der Waals surface area (Å²) >= 11 is 7.75. The number of aryl methyl sites for hydroxylation is 2. The molecule has 0 aliphatic heterocycles. The van der Waals surface area contributed by atoms with Gasteiger partial charge in [0, 0.05) is 23.1 Å². The van der Waals surface area contributed by atoms with Crippen LogP contribution in [-0.4, -0.2) is 24.3 Å². The van der Waals surface area contributed by atoms with Crippen LogP contribution < -0.4 is 10.1 Å². The van der Waals surface area contributed by atoms with Crippen molar-refractivity contribution in [2.75, 3.05) is 12.3 Å². The molecule has 0 fully saturated rings. The Morgan fingerprint density at radius 2 is 1.92 bits per heavy atom. The molecule has 1 atom stereocenters. The van der Waals surface area contributed by atoms with Crippen LogP contribution in [0.3, 0.4) is 0 Å². The summed E-state index contributed by atoms with van der Waals surface area (Å²) in [7, 11) is 0. The van der Waals surface area contributed by atoms with Crippen molar-refractivity contribution in [2.45, 2.75) is 39.0 Å². The summed E-state index contributed by atoms with van der Waals surface area (Å²) in [4.78, 5) is 12.4. The minimum absolute atomic E-state index is 0.0602. The molecule has 1 amide bonds. The lowest BCUT2D eigenvalue weighted by molar-refractivity contribution is -0.127. The van der Waals surface area contributed by atoms with Crippen LogP contribution in [0.15, 0.2) is 42.5 Å². The Labute approximate surface area is 165 Å². The van der Waals surface area contributed by atoms with Crippen molar-refractivity contribution in [1.82, 2.24) is 5.32 Å². The highest BCUT2D eigenvalue weighted by atomic mass is 35.5. The standard InChI is InChI=1S/C21H26ClNO2S/c1-4-20(25-19-11-15(2)10-16(3)12-19)21(24)23-8-9-26-14-17-6-5-7-18(22)13-17/h5-7,10-13,20H,4,8-9,14H2,1-3H3,(H,23,24)/t20-/m1/s1. The second-order valence-corrected chi connectivity index (χ2v) is 7.85. The molecule has 2 rings (SSSR count). The number of carbonyl (C=O) groups excluding carboxylic acids is 1. The quantitative estimate of drug-likeness (QED) is 0.599. The van der Waals surface area contributed by atoms with Gasteiger partial charge < -0.3 is 10.1 Å².